The van der Waals surface area contributed by atoms with Crippen molar-refractivity contribution in [3.63, 3.8) is 0 Å². The molecule has 0 amide bonds. The summed E-state index contributed by atoms with van der Waals surface area (Å²) in [6, 6.07) is 9.06. The van der Waals surface area contributed by atoms with E-state index >= 15 is 0 Å². The Morgan fingerprint density at radius 3 is 2.62 bits per heavy atom. The van der Waals surface area contributed by atoms with Crippen LogP contribution in [-0.4, -0.2) is 25.6 Å². The Balaban J connectivity index is 2.23. The number of hydrogen-bond donors (Lipinski definition) is 1. The Morgan fingerprint density at radius 2 is 2.05 bits per heavy atom. The highest BCUT2D eigenvalue weighted by atomic mass is 32.1. The molecule has 3 nitrogen and oxygen atoms in total. The Kier molecular flexibility index (Phi) is 5.37. The molecule has 0 radical (unpaired) electrons. The first-order valence-electron chi connectivity index (χ1n) is 7.44. The summed E-state index contributed by atoms with van der Waals surface area (Å²) in [4.78, 5) is 8.15. The van der Waals surface area contributed by atoms with Gasteiger partial charge < -0.3 is 10.2 Å². The summed E-state index contributed by atoms with van der Waals surface area (Å²) in [6.45, 7) is 7.34. The maximum absolute atomic E-state index is 4.68. The number of hydrogen-bond acceptors (Lipinski definition) is 4. The molecule has 1 N–H and O–H groups in total. The quantitative estimate of drug-likeness (QED) is 0.881. The summed E-state index contributed by atoms with van der Waals surface area (Å²) in [6.07, 6.45) is 0.948. The highest BCUT2D eigenvalue weighted by Crippen LogP contribution is 2.25. The lowest BCUT2D eigenvalue weighted by Gasteiger charge is -2.20. The lowest BCUT2D eigenvalue weighted by Crippen LogP contribution is -2.23. The van der Waals surface area contributed by atoms with Gasteiger partial charge in [-0.05, 0) is 38.1 Å². The maximum atomic E-state index is 4.68. The molecular formula is C17H25N3S. The smallest absolute Gasteiger partial charge is 0.0949 e. The van der Waals surface area contributed by atoms with Gasteiger partial charge in [-0.2, -0.15) is 0 Å². The summed E-state index contributed by atoms with van der Waals surface area (Å²) in [5.74, 6) is 0. The number of nitrogens with one attached hydrogen (secondary N) is 1. The molecule has 1 atom stereocenters. The van der Waals surface area contributed by atoms with E-state index < -0.39 is 0 Å². The zero-order chi connectivity index (χ0) is 15.4. The van der Waals surface area contributed by atoms with Crippen molar-refractivity contribution in [1.82, 2.24) is 10.3 Å². The lowest BCUT2D eigenvalue weighted by atomic mass is 10.0. The molecule has 1 heterocycles. The summed E-state index contributed by atoms with van der Waals surface area (Å²) < 4.78 is 0. The van der Waals surface area contributed by atoms with Crippen molar-refractivity contribution < 1.29 is 0 Å². The fourth-order valence-electron chi connectivity index (χ4n) is 2.38. The minimum atomic E-state index is 0.319. The van der Waals surface area contributed by atoms with Crippen LogP contribution in [0.3, 0.4) is 0 Å². The Bertz CT molecular complexity index is 570. The van der Waals surface area contributed by atoms with Gasteiger partial charge in [0.1, 0.15) is 0 Å². The van der Waals surface area contributed by atoms with Gasteiger partial charge in [0.2, 0.25) is 0 Å². The number of aromatic nitrogens is 1. The number of rotatable bonds is 6. The SMILES string of the molecule is CCNC(Cc1nc(C)c(C)s1)c1cccc(N(C)C)c1. The van der Waals surface area contributed by atoms with Crippen LogP contribution in [0.25, 0.3) is 0 Å². The molecule has 1 aromatic heterocycles. The molecule has 0 saturated heterocycles. The van der Waals surface area contributed by atoms with Gasteiger partial charge in [-0.3, -0.25) is 0 Å². The zero-order valence-electron chi connectivity index (χ0n) is 13.6. The average molecular weight is 303 g/mol. The van der Waals surface area contributed by atoms with Crippen molar-refractivity contribution in [2.24, 2.45) is 0 Å². The highest BCUT2D eigenvalue weighted by Gasteiger charge is 2.15. The third-order valence-electron chi connectivity index (χ3n) is 3.69. The van der Waals surface area contributed by atoms with Crippen LogP contribution in [0.4, 0.5) is 5.69 Å². The van der Waals surface area contributed by atoms with Crippen LogP contribution in [0.2, 0.25) is 0 Å². The number of aryl methyl sites for hydroxylation is 2. The Labute approximate surface area is 132 Å². The normalized spacial score (nSPS) is 12.4. The Hall–Kier alpha value is -1.39. The van der Waals surface area contributed by atoms with E-state index in [9.17, 15) is 0 Å². The van der Waals surface area contributed by atoms with Gasteiger partial charge in [0.05, 0.1) is 10.7 Å². The second-order valence-corrected chi connectivity index (χ2v) is 6.84. The van der Waals surface area contributed by atoms with Crippen LogP contribution in [0.5, 0.6) is 0 Å². The molecule has 0 aliphatic rings. The first-order valence-corrected chi connectivity index (χ1v) is 8.26. The molecule has 2 aromatic rings. The molecule has 2 rings (SSSR count). The van der Waals surface area contributed by atoms with Gasteiger partial charge in [-0.1, -0.05) is 19.1 Å². The van der Waals surface area contributed by atoms with Gasteiger partial charge in [0, 0.05) is 37.1 Å². The first-order chi connectivity index (χ1) is 10.0. The second kappa shape index (κ2) is 7.05. The third kappa shape index (κ3) is 4.05. The van der Waals surface area contributed by atoms with Crippen LogP contribution in [0.1, 0.15) is 34.1 Å². The van der Waals surface area contributed by atoms with Crippen LogP contribution < -0.4 is 10.2 Å². The maximum Gasteiger partial charge on any atom is 0.0949 e. The van der Waals surface area contributed by atoms with Crippen molar-refractivity contribution in [3.8, 4) is 0 Å². The molecule has 4 heteroatoms. The van der Waals surface area contributed by atoms with Gasteiger partial charge in [-0.15, -0.1) is 11.3 Å². The molecule has 1 unspecified atom stereocenters. The predicted octanol–water partition coefficient (Wildman–Crippen LogP) is 3.72. The standard InChI is InChI=1S/C17H25N3S/c1-6-18-16(11-17-19-12(2)13(3)21-17)14-8-7-9-15(10-14)20(4)5/h7-10,16,18H,6,11H2,1-5H3. The van der Waals surface area contributed by atoms with E-state index in [0.29, 0.717) is 6.04 Å². The fourth-order valence-corrected chi connectivity index (χ4v) is 3.35. The van der Waals surface area contributed by atoms with Crippen LogP contribution in [-0.2, 0) is 6.42 Å². The largest absolute Gasteiger partial charge is 0.378 e. The van der Waals surface area contributed by atoms with Crippen LogP contribution in [0.15, 0.2) is 24.3 Å². The molecule has 114 valence electrons. The van der Waals surface area contributed by atoms with E-state index in [1.165, 1.54) is 21.1 Å². The van der Waals surface area contributed by atoms with E-state index in [4.69, 9.17) is 0 Å². The molecule has 0 aliphatic heterocycles. The molecular weight excluding hydrogens is 278 g/mol. The van der Waals surface area contributed by atoms with Crippen molar-refractivity contribution in [1.29, 1.82) is 0 Å². The average Bonchev–Trinajstić information content (AvgIpc) is 2.77. The number of benzene rings is 1. The van der Waals surface area contributed by atoms with Crippen molar-refractivity contribution in [2.75, 3.05) is 25.5 Å². The Morgan fingerprint density at radius 1 is 1.29 bits per heavy atom. The number of nitrogens with zero attached hydrogens (tertiary/aromatic N) is 2. The zero-order valence-corrected chi connectivity index (χ0v) is 14.4. The predicted molar refractivity (Wildman–Crippen MR) is 92.5 cm³/mol. The van der Waals surface area contributed by atoms with Gasteiger partial charge in [-0.25, -0.2) is 4.98 Å². The van der Waals surface area contributed by atoms with E-state index in [0.717, 1.165) is 18.7 Å². The third-order valence-corrected chi connectivity index (χ3v) is 4.79. The van der Waals surface area contributed by atoms with E-state index in [1.54, 1.807) is 0 Å². The lowest BCUT2D eigenvalue weighted by molar-refractivity contribution is 0.548. The molecule has 0 fully saturated rings. The second-order valence-electron chi connectivity index (χ2n) is 5.55. The number of likely N-dealkylation sites (N-methyl/N-ethyl adjacent to an activating group) is 1. The van der Waals surface area contributed by atoms with Crippen molar-refractivity contribution in [3.05, 3.63) is 45.4 Å². The minimum absolute atomic E-state index is 0.319. The van der Waals surface area contributed by atoms with E-state index in [-0.39, 0.29) is 0 Å². The van der Waals surface area contributed by atoms with Gasteiger partial charge in [0.25, 0.3) is 0 Å². The molecule has 21 heavy (non-hydrogen) atoms. The summed E-state index contributed by atoms with van der Waals surface area (Å²) >= 11 is 1.81. The van der Waals surface area contributed by atoms with Crippen LogP contribution in [0, 0.1) is 13.8 Å². The van der Waals surface area contributed by atoms with Crippen molar-refractivity contribution in [2.45, 2.75) is 33.2 Å². The summed E-state index contributed by atoms with van der Waals surface area (Å²) in [5, 5.41) is 4.80. The number of anilines is 1. The van der Waals surface area contributed by atoms with Crippen molar-refractivity contribution >= 4 is 17.0 Å². The summed E-state index contributed by atoms with van der Waals surface area (Å²) in [7, 11) is 4.16. The summed E-state index contributed by atoms with van der Waals surface area (Å²) in [5.41, 5.74) is 3.72. The topological polar surface area (TPSA) is 28.2 Å². The van der Waals surface area contributed by atoms with E-state index in [1.807, 2.05) is 11.3 Å². The fraction of sp³-hybridized carbons (Fsp3) is 0.471. The van der Waals surface area contributed by atoms with Gasteiger partial charge in [0.15, 0.2) is 0 Å². The number of thiazole rings is 1. The first kappa shape index (κ1) is 16.0. The molecule has 0 saturated carbocycles. The molecule has 0 spiro atoms. The minimum Gasteiger partial charge on any atom is -0.378 e. The highest BCUT2D eigenvalue weighted by molar-refractivity contribution is 7.11. The molecule has 1 aromatic carbocycles. The van der Waals surface area contributed by atoms with Crippen LogP contribution >= 0.6 is 11.3 Å². The molecule has 0 aliphatic carbocycles. The van der Waals surface area contributed by atoms with E-state index in [2.05, 4.69) is 74.3 Å². The monoisotopic (exact) mass is 303 g/mol. The van der Waals surface area contributed by atoms with Gasteiger partial charge >= 0.3 is 0 Å². The molecule has 0 bridgehead atoms.